The van der Waals surface area contributed by atoms with Gasteiger partial charge in [-0.25, -0.2) is 9.18 Å². The maximum atomic E-state index is 13.5. The van der Waals surface area contributed by atoms with Gasteiger partial charge in [0, 0.05) is 17.2 Å². The quantitative estimate of drug-likeness (QED) is 0.802. The normalized spacial score (nSPS) is 10.8. The summed E-state index contributed by atoms with van der Waals surface area (Å²) in [6, 6.07) is 8.50. The molecule has 1 N–H and O–H groups in total. The molecule has 0 heterocycles. The lowest BCUT2D eigenvalue weighted by atomic mass is 10.2. The van der Waals surface area contributed by atoms with Gasteiger partial charge in [0.05, 0.1) is 5.02 Å². The molecule has 0 aliphatic heterocycles. The van der Waals surface area contributed by atoms with Crippen molar-refractivity contribution in [1.29, 1.82) is 0 Å². The van der Waals surface area contributed by atoms with Crippen LogP contribution in [0.15, 0.2) is 42.5 Å². The van der Waals surface area contributed by atoms with Gasteiger partial charge in [0.15, 0.2) is 0 Å². The Morgan fingerprint density at radius 1 is 1.19 bits per heavy atom. The maximum absolute atomic E-state index is 13.5. The van der Waals surface area contributed by atoms with Crippen LogP contribution in [0.25, 0.3) is 6.08 Å². The Hall–Kier alpha value is -2.04. The number of benzene rings is 2. The van der Waals surface area contributed by atoms with Crippen LogP contribution in [0.1, 0.15) is 5.56 Å². The number of ether oxygens (including phenoxy) is 1. The van der Waals surface area contributed by atoms with E-state index in [9.17, 15) is 9.18 Å². The molecule has 2 aromatic carbocycles. The first-order valence-electron chi connectivity index (χ1n) is 5.78. The Bertz CT molecular complexity index is 714. The fourth-order valence-electron chi connectivity index (χ4n) is 1.59. The van der Waals surface area contributed by atoms with E-state index in [1.807, 2.05) is 0 Å². The summed E-state index contributed by atoms with van der Waals surface area (Å²) in [5.41, 5.74) is 0.359. The van der Waals surface area contributed by atoms with E-state index in [-0.39, 0.29) is 10.8 Å². The third kappa shape index (κ3) is 4.48. The first kappa shape index (κ1) is 15.4. The molecule has 2 aromatic rings. The monoisotopic (exact) mass is 326 g/mol. The van der Waals surface area contributed by atoms with E-state index in [1.54, 1.807) is 12.1 Å². The third-order valence-corrected chi connectivity index (χ3v) is 2.96. The molecule has 0 fully saturated rings. The summed E-state index contributed by atoms with van der Waals surface area (Å²) >= 11 is 11.7. The second-order valence-corrected chi connectivity index (χ2v) is 4.91. The van der Waals surface area contributed by atoms with Crippen LogP contribution in [0.4, 0.5) is 4.39 Å². The Morgan fingerprint density at radius 3 is 2.62 bits per heavy atom. The summed E-state index contributed by atoms with van der Waals surface area (Å²) in [6.45, 7) is 0. The van der Waals surface area contributed by atoms with Gasteiger partial charge in [-0.15, -0.1) is 0 Å². The summed E-state index contributed by atoms with van der Waals surface area (Å²) in [5.74, 6) is -1.16. The van der Waals surface area contributed by atoms with Crippen molar-refractivity contribution >= 4 is 35.2 Å². The average molecular weight is 327 g/mol. The third-order valence-electron chi connectivity index (χ3n) is 2.43. The van der Waals surface area contributed by atoms with Crippen molar-refractivity contribution < 1.29 is 19.0 Å². The number of hydrogen-bond donors (Lipinski definition) is 1. The molecule has 0 spiro atoms. The molecule has 0 aliphatic carbocycles. The number of carboxylic acids is 1. The van der Waals surface area contributed by atoms with E-state index in [1.165, 1.54) is 30.3 Å². The van der Waals surface area contributed by atoms with Gasteiger partial charge >= 0.3 is 5.97 Å². The molecular formula is C15H9Cl2FO3. The molecular weight excluding hydrogens is 318 g/mol. The molecule has 3 nitrogen and oxygen atoms in total. The molecule has 0 atom stereocenters. The molecule has 0 radical (unpaired) electrons. The molecule has 21 heavy (non-hydrogen) atoms. The number of carboxylic acid groups (broad SMARTS) is 1. The van der Waals surface area contributed by atoms with Crippen molar-refractivity contribution in [3.05, 3.63) is 63.9 Å². The standard InChI is InChI=1S/C15H9Cl2FO3/c16-10-2-3-14(13(17)7-10)21-12-6-9(1-4-15(19)20)5-11(18)8-12/h1-8H,(H,19,20)/b4-1+. The predicted octanol–water partition coefficient (Wildman–Crippen LogP) is 5.02. The van der Waals surface area contributed by atoms with E-state index in [2.05, 4.69) is 0 Å². The minimum atomic E-state index is -1.12. The van der Waals surface area contributed by atoms with Crippen LogP contribution in [0.5, 0.6) is 11.5 Å². The highest BCUT2D eigenvalue weighted by Crippen LogP contribution is 2.32. The van der Waals surface area contributed by atoms with Gasteiger partial charge in [0.25, 0.3) is 0 Å². The lowest BCUT2D eigenvalue weighted by Gasteiger charge is -2.08. The smallest absolute Gasteiger partial charge is 0.328 e. The molecule has 108 valence electrons. The largest absolute Gasteiger partial charge is 0.478 e. The second-order valence-electron chi connectivity index (χ2n) is 4.07. The first-order valence-corrected chi connectivity index (χ1v) is 6.54. The van der Waals surface area contributed by atoms with Crippen LogP contribution < -0.4 is 4.74 Å². The van der Waals surface area contributed by atoms with Crippen LogP contribution in [-0.2, 0) is 4.79 Å². The van der Waals surface area contributed by atoms with Crippen molar-refractivity contribution in [2.24, 2.45) is 0 Å². The molecule has 0 bridgehead atoms. The first-order chi connectivity index (χ1) is 9.94. The van der Waals surface area contributed by atoms with Gasteiger partial charge in [-0.2, -0.15) is 0 Å². The summed E-state index contributed by atoms with van der Waals surface area (Å²) in [7, 11) is 0. The van der Waals surface area contributed by atoms with Crippen molar-refractivity contribution in [2.75, 3.05) is 0 Å². The molecule has 6 heteroatoms. The van der Waals surface area contributed by atoms with Gasteiger partial charge in [0.1, 0.15) is 17.3 Å². The Labute approximate surface area is 130 Å². The summed E-state index contributed by atoms with van der Waals surface area (Å²) in [4.78, 5) is 10.5. The fourth-order valence-corrected chi connectivity index (χ4v) is 2.04. The van der Waals surface area contributed by atoms with Crippen LogP contribution in [-0.4, -0.2) is 11.1 Å². The van der Waals surface area contributed by atoms with E-state index in [0.29, 0.717) is 16.3 Å². The number of aliphatic carboxylic acids is 1. The number of halogens is 3. The molecule has 0 aromatic heterocycles. The molecule has 2 rings (SSSR count). The SMILES string of the molecule is O=C(O)/C=C/c1cc(F)cc(Oc2ccc(Cl)cc2Cl)c1. The molecule has 0 aliphatic rings. The Kier molecular flexibility index (Phi) is 4.83. The van der Waals surface area contributed by atoms with Crippen molar-refractivity contribution in [3.63, 3.8) is 0 Å². The van der Waals surface area contributed by atoms with Crippen molar-refractivity contribution in [1.82, 2.24) is 0 Å². The van der Waals surface area contributed by atoms with Crippen molar-refractivity contribution in [2.45, 2.75) is 0 Å². The van der Waals surface area contributed by atoms with Gasteiger partial charge in [-0.05, 0) is 42.0 Å². The van der Waals surface area contributed by atoms with Gasteiger partial charge < -0.3 is 9.84 Å². The number of hydrogen-bond acceptors (Lipinski definition) is 2. The molecule has 0 saturated carbocycles. The second kappa shape index (κ2) is 6.61. The maximum Gasteiger partial charge on any atom is 0.328 e. The Balaban J connectivity index is 2.29. The van der Waals surface area contributed by atoms with Crippen LogP contribution in [0.3, 0.4) is 0 Å². The highest BCUT2D eigenvalue weighted by atomic mass is 35.5. The van der Waals surface area contributed by atoms with E-state index in [4.69, 9.17) is 33.0 Å². The zero-order chi connectivity index (χ0) is 15.4. The highest BCUT2D eigenvalue weighted by Gasteiger charge is 2.06. The molecule has 0 amide bonds. The predicted molar refractivity (Wildman–Crippen MR) is 79.6 cm³/mol. The number of rotatable bonds is 4. The highest BCUT2D eigenvalue weighted by molar-refractivity contribution is 6.35. The zero-order valence-corrected chi connectivity index (χ0v) is 12.0. The van der Waals surface area contributed by atoms with Crippen LogP contribution in [0, 0.1) is 5.82 Å². The fraction of sp³-hybridized carbons (Fsp3) is 0. The summed E-state index contributed by atoms with van der Waals surface area (Å²) in [5, 5.41) is 9.31. The molecule has 0 saturated heterocycles. The minimum absolute atomic E-state index is 0.198. The lowest BCUT2D eigenvalue weighted by Crippen LogP contribution is -1.89. The summed E-state index contributed by atoms with van der Waals surface area (Å²) < 4.78 is 19.0. The van der Waals surface area contributed by atoms with Crippen LogP contribution in [0.2, 0.25) is 10.0 Å². The minimum Gasteiger partial charge on any atom is -0.478 e. The van der Waals surface area contributed by atoms with E-state index >= 15 is 0 Å². The van der Waals surface area contributed by atoms with Gasteiger partial charge in [-0.3, -0.25) is 0 Å². The summed E-state index contributed by atoms with van der Waals surface area (Å²) in [6.07, 6.45) is 2.18. The van der Waals surface area contributed by atoms with E-state index in [0.717, 1.165) is 6.08 Å². The lowest BCUT2D eigenvalue weighted by molar-refractivity contribution is -0.131. The van der Waals surface area contributed by atoms with Gasteiger partial charge in [0.2, 0.25) is 0 Å². The molecule has 0 unspecified atom stereocenters. The number of carbonyl (C=O) groups is 1. The zero-order valence-electron chi connectivity index (χ0n) is 10.5. The van der Waals surface area contributed by atoms with Crippen molar-refractivity contribution in [3.8, 4) is 11.5 Å². The van der Waals surface area contributed by atoms with Gasteiger partial charge in [-0.1, -0.05) is 23.2 Å². The van der Waals surface area contributed by atoms with E-state index < -0.39 is 11.8 Å². The average Bonchev–Trinajstić information content (AvgIpc) is 2.39. The van der Waals surface area contributed by atoms with Crippen LogP contribution >= 0.6 is 23.2 Å². The Morgan fingerprint density at radius 2 is 1.95 bits per heavy atom. The topological polar surface area (TPSA) is 46.5 Å².